The summed E-state index contributed by atoms with van der Waals surface area (Å²) in [5.41, 5.74) is 0.907. The molecule has 0 aromatic heterocycles. The van der Waals surface area contributed by atoms with E-state index >= 15 is 0 Å². The number of hydrogen-bond acceptors (Lipinski definition) is 4. The van der Waals surface area contributed by atoms with E-state index in [-0.39, 0.29) is 12.5 Å². The third-order valence-electron chi connectivity index (χ3n) is 2.39. The van der Waals surface area contributed by atoms with Gasteiger partial charge in [0.05, 0.1) is 18.2 Å². The van der Waals surface area contributed by atoms with Crippen LogP contribution in [0.4, 0.5) is 0 Å². The lowest BCUT2D eigenvalue weighted by Gasteiger charge is -2.17. The summed E-state index contributed by atoms with van der Waals surface area (Å²) in [6.45, 7) is 5.04. The number of ether oxygens (including phenoxy) is 2. The van der Waals surface area contributed by atoms with Crippen LogP contribution in [0.3, 0.4) is 0 Å². The fourth-order valence-corrected chi connectivity index (χ4v) is 1.55. The molecule has 0 radical (unpaired) electrons. The molecular formula is C14H18N2O3. The van der Waals surface area contributed by atoms with Gasteiger partial charge in [-0.15, -0.1) is 0 Å². The van der Waals surface area contributed by atoms with Gasteiger partial charge >= 0.3 is 0 Å². The van der Waals surface area contributed by atoms with Crippen molar-refractivity contribution >= 4 is 5.91 Å². The van der Waals surface area contributed by atoms with Crippen LogP contribution < -0.4 is 5.32 Å². The maximum atomic E-state index is 11.9. The summed E-state index contributed by atoms with van der Waals surface area (Å²) >= 11 is 0. The van der Waals surface area contributed by atoms with E-state index in [0.29, 0.717) is 24.3 Å². The fraction of sp³-hybridized carbons (Fsp3) is 0.429. The monoisotopic (exact) mass is 262 g/mol. The van der Waals surface area contributed by atoms with Crippen molar-refractivity contribution in [1.82, 2.24) is 5.32 Å². The number of benzene rings is 1. The Bertz CT molecular complexity index is 448. The molecule has 0 saturated heterocycles. The molecule has 102 valence electrons. The summed E-state index contributed by atoms with van der Waals surface area (Å²) in [5.74, 6) is -0.249. The Labute approximate surface area is 113 Å². The first-order chi connectivity index (χ1) is 9.21. The lowest BCUT2D eigenvalue weighted by Crippen LogP contribution is -2.35. The molecular weight excluding hydrogens is 244 g/mol. The van der Waals surface area contributed by atoms with Crippen LogP contribution in [0, 0.1) is 11.3 Å². The Morgan fingerprint density at radius 1 is 1.37 bits per heavy atom. The minimum atomic E-state index is -0.446. The molecule has 0 atom stereocenters. The zero-order chi connectivity index (χ0) is 14.1. The van der Waals surface area contributed by atoms with E-state index in [1.807, 2.05) is 19.9 Å². The van der Waals surface area contributed by atoms with Crippen LogP contribution in [0.25, 0.3) is 0 Å². The van der Waals surface area contributed by atoms with Gasteiger partial charge in [0.25, 0.3) is 5.91 Å². The molecule has 1 N–H and O–H groups in total. The molecule has 0 unspecified atom stereocenters. The van der Waals surface area contributed by atoms with E-state index in [4.69, 9.17) is 14.7 Å². The van der Waals surface area contributed by atoms with Crippen molar-refractivity contribution in [1.29, 1.82) is 5.26 Å². The summed E-state index contributed by atoms with van der Waals surface area (Å²) in [4.78, 5) is 11.9. The van der Waals surface area contributed by atoms with Gasteiger partial charge in [-0.1, -0.05) is 6.07 Å². The van der Waals surface area contributed by atoms with Gasteiger partial charge in [0.2, 0.25) is 0 Å². The summed E-state index contributed by atoms with van der Waals surface area (Å²) in [6.07, 6.45) is -0.446. The van der Waals surface area contributed by atoms with Gasteiger partial charge in [0.15, 0.2) is 6.29 Å². The fourth-order valence-electron chi connectivity index (χ4n) is 1.55. The van der Waals surface area contributed by atoms with Crippen molar-refractivity contribution in [3.63, 3.8) is 0 Å². The molecule has 0 aliphatic heterocycles. The number of nitrogens with zero attached hydrogens (tertiary/aromatic N) is 1. The maximum absolute atomic E-state index is 11.9. The SMILES string of the molecule is CCOC(CNC(=O)c1cccc(C#N)c1)OCC. The Kier molecular flexibility index (Phi) is 6.58. The normalized spacial score (nSPS) is 10.2. The van der Waals surface area contributed by atoms with Crippen molar-refractivity contribution in [3.8, 4) is 6.07 Å². The predicted molar refractivity (Wildman–Crippen MR) is 70.5 cm³/mol. The summed E-state index contributed by atoms with van der Waals surface area (Å²) in [6, 6.07) is 8.53. The van der Waals surface area contributed by atoms with Crippen LogP contribution in [0.15, 0.2) is 24.3 Å². The maximum Gasteiger partial charge on any atom is 0.251 e. The summed E-state index contributed by atoms with van der Waals surface area (Å²) < 4.78 is 10.6. The quantitative estimate of drug-likeness (QED) is 0.759. The van der Waals surface area contributed by atoms with Crippen LogP contribution in [0.2, 0.25) is 0 Å². The first kappa shape index (κ1) is 15.2. The molecule has 1 amide bonds. The van der Waals surface area contributed by atoms with Crippen molar-refractivity contribution in [2.45, 2.75) is 20.1 Å². The molecule has 0 spiro atoms. The van der Waals surface area contributed by atoms with Crippen LogP contribution >= 0.6 is 0 Å². The molecule has 0 bridgehead atoms. The minimum absolute atomic E-state index is 0.249. The number of carbonyl (C=O) groups excluding carboxylic acids is 1. The number of nitriles is 1. The van der Waals surface area contributed by atoms with Gasteiger partial charge < -0.3 is 14.8 Å². The molecule has 1 aromatic carbocycles. The molecule has 0 aliphatic carbocycles. The van der Waals surface area contributed by atoms with Crippen LogP contribution in [0.5, 0.6) is 0 Å². The number of rotatable bonds is 7. The molecule has 19 heavy (non-hydrogen) atoms. The lowest BCUT2D eigenvalue weighted by molar-refractivity contribution is -0.131. The topological polar surface area (TPSA) is 71.3 Å². The van der Waals surface area contributed by atoms with Gasteiger partial charge in [-0.25, -0.2) is 0 Å². The van der Waals surface area contributed by atoms with Crippen LogP contribution in [0.1, 0.15) is 29.8 Å². The highest BCUT2D eigenvalue weighted by Crippen LogP contribution is 2.04. The Morgan fingerprint density at radius 3 is 2.63 bits per heavy atom. The van der Waals surface area contributed by atoms with E-state index in [9.17, 15) is 4.79 Å². The Hall–Kier alpha value is -1.90. The van der Waals surface area contributed by atoms with E-state index in [1.165, 1.54) is 0 Å². The van der Waals surface area contributed by atoms with E-state index in [1.54, 1.807) is 24.3 Å². The van der Waals surface area contributed by atoms with Gasteiger partial charge in [0, 0.05) is 18.8 Å². The molecule has 5 nitrogen and oxygen atoms in total. The van der Waals surface area contributed by atoms with E-state index < -0.39 is 6.29 Å². The second-order valence-corrected chi connectivity index (χ2v) is 3.74. The van der Waals surface area contributed by atoms with Gasteiger partial charge in [-0.05, 0) is 32.0 Å². The third kappa shape index (κ3) is 5.08. The standard InChI is InChI=1S/C14H18N2O3/c1-3-18-13(19-4-2)10-16-14(17)12-7-5-6-11(8-12)9-15/h5-8,13H,3-4,10H2,1-2H3,(H,16,17). The van der Waals surface area contributed by atoms with Crippen molar-refractivity contribution in [2.75, 3.05) is 19.8 Å². The van der Waals surface area contributed by atoms with Crippen molar-refractivity contribution < 1.29 is 14.3 Å². The highest BCUT2D eigenvalue weighted by atomic mass is 16.7. The summed E-state index contributed by atoms with van der Waals surface area (Å²) in [7, 11) is 0. The van der Waals surface area contributed by atoms with E-state index in [2.05, 4.69) is 5.32 Å². The van der Waals surface area contributed by atoms with Gasteiger partial charge in [-0.3, -0.25) is 4.79 Å². The van der Waals surface area contributed by atoms with Crippen LogP contribution in [-0.2, 0) is 9.47 Å². The van der Waals surface area contributed by atoms with E-state index in [0.717, 1.165) is 0 Å². The zero-order valence-electron chi connectivity index (χ0n) is 11.2. The molecule has 5 heteroatoms. The molecule has 0 fully saturated rings. The number of amides is 1. The zero-order valence-corrected chi connectivity index (χ0v) is 11.2. The second kappa shape index (κ2) is 8.25. The number of carbonyl (C=O) groups is 1. The second-order valence-electron chi connectivity index (χ2n) is 3.74. The molecule has 0 saturated carbocycles. The van der Waals surface area contributed by atoms with Crippen molar-refractivity contribution in [2.24, 2.45) is 0 Å². The molecule has 1 rings (SSSR count). The number of nitrogens with one attached hydrogen (secondary N) is 1. The first-order valence-corrected chi connectivity index (χ1v) is 6.22. The predicted octanol–water partition coefficient (Wildman–Crippen LogP) is 1.69. The lowest BCUT2D eigenvalue weighted by atomic mass is 10.1. The van der Waals surface area contributed by atoms with Crippen molar-refractivity contribution in [3.05, 3.63) is 35.4 Å². The smallest absolute Gasteiger partial charge is 0.251 e. The largest absolute Gasteiger partial charge is 0.351 e. The molecule has 0 heterocycles. The van der Waals surface area contributed by atoms with Gasteiger partial charge in [-0.2, -0.15) is 5.26 Å². The molecule has 1 aromatic rings. The van der Waals surface area contributed by atoms with Crippen LogP contribution in [-0.4, -0.2) is 32.0 Å². The summed E-state index contributed by atoms with van der Waals surface area (Å²) in [5, 5.41) is 11.5. The average Bonchev–Trinajstić information content (AvgIpc) is 2.45. The van der Waals surface area contributed by atoms with Gasteiger partial charge in [0.1, 0.15) is 0 Å². The number of hydrogen-bond donors (Lipinski definition) is 1. The average molecular weight is 262 g/mol. The highest BCUT2D eigenvalue weighted by Gasteiger charge is 2.11. The molecule has 0 aliphatic rings. The Morgan fingerprint density at radius 2 is 2.05 bits per heavy atom. The minimum Gasteiger partial charge on any atom is -0.351 e. The Balaban J connectivity index is 2.56. The first-order valence-electron chi connectivity index (χ1n) is 6.22. The highest BCUT2D eigenvalue weighted by molar-refractivity contribution is 5.94. The third-order valence-corrected chi connectivity index (χ3v) is 2.39.